The monoisotopic (exact) mass is 675 g/mol. The van der Waals surface area contributed by atoms with Crippen LogP contribution in [-0.4, -0.2) is 79.4 Å². The van der Waals surface area contributed by atoms with Crippen molar-refractivity contribution in [3.8, 4) is 6.07 Å². The number of nitrogens with zero attached hydrogens (tertiary/aromatic N) is 4. The summed E-state index contributed by atoms with van der Waals surface area (Å²) >= 11 is 0. The molecule has 10 nitrogen and oxygen atoms in total. The molecular formula is C37H49N5O5S. The third-order valence-corrected chi connectivity index (χ3v) is 11.7. The largest absolute Gasteiger partial charge is 0.378 e. The fourth-order valence-electron chi connectivity index (χ4n) is 7.30. The molecule has 3 heterocycles. The first kappa shape index (κ1) is 35.6. The summed E-state index contributed by atoms with van der Waals surface area (Å²) in [7, 11) is -3.74. The summed E-state index contributed by atoms with van der Waals surface area (Å²) in [6.07, 6.45) is 11.7. The summed E-state index contributed by atoms with van der Waals surface area (Å²) in [4.78, 5) is 27.3. The van der Waals surface area contributed by atoms with Gasteiger partial charge < -0.3 is 15.0 Å². The van der Waals surface area contributed by atoms with Crippen molar-refractivity contribution in [2.75, 3.05) is 39.4 Å². The molecule has 48 heavy (non-hydrogen) atoms. The number of amides is 2. The summed E-state index contributed by atoms with van der Waals surface area (Å²) in [5, 5.41) is 13.0. The molecule has 0 radical (unpaired) electrons. The van der Waals surface area contributed by atoms with Crippen LogP contribution in [0.5, 0.6) is 0 Å². The number of carbonyl (C=O) groups is 2. The van der Waals surface area contributed by atoms with Crippen molar-refractivity contribution in [2.45, 2.75) is 82.2 Å². The van der Waals surface area contributed by atoms with Crippen LogP contribution in [0.1, 0.15) is 69.4 Å². The minimum Gasteiger partial charge on any atom is -0.378 e. The number of nitriles is 1. The van der Waals surface area contributed by atoms with Crippen LogP contribution in [0.2, 0.25) is 0 Å². The van der Waals surface area contributed by atoms with E-state index in [0.29, 0.717) is 63.0 Å². The molecule has 2 aromatic carbocycles. The first-order valence-electron chi connectivity index (χ1n) is 17.3. The Morgan fingerprint density at radius 2 is 1.79 bits per heavy atom. The highest BCUT2D eigenvalue weighted by molar-refractivity contribution is 7.90. The van der Waals surface area contributed by atoms with E-state index in [9.17, 15) is 23.3 Å². The summed E-state index contributed by atoms with van der Waals surface area (Å²) in [5.41, 5.74) is 1.57. The van der Waals surface area contributed by atoms with Gasteiger partial charge in [-0.15, -0.1) is 0 Å². The number of morpholine rings is 1. The van der Waals surface area contributed by atoms with Gasteiger partial charge in [0.1, 0.15) is 5.54 Å². The zero-order valence-electron chi connectivity index (χ0n) is 28.3. The molecule has 2 aliphatic heterocycles. The van der Waals surface area contributed by atoms with Gasteiger partial charge in [0.2, 0.25) is 12.3 Å². The number of hydrogen-bond acceptors (Lipinski definition) is 7. The number of aryl methyl sites for hydroxylation is 1. The number of ether oxygens (including phenoxy) is 1. The molecule has 2 amide bonds. The number of hydrogen-bond donors (Lipinski definition) is 1. The van der Waals surface area contributed by atoms with Gasteiger partial charge in [-0.2, -0.15) is 5.26 Å². The number of nitrogens with one attached hydrogen (secondary N) is 1. The molecule has 3 aliphatic rings. The molecule has 1 aromatic heterocycles. The summed E-state index contributed by atoms with van der Waals surface area (Å²) in [6, 6.07) is 16.4. The Morgan fingerprint density at radius 1 is 1.08 bits per heavy atom. The molecule has 2 unspecified atom stereocenters. The second-order valence-electron chi connectivity index (χ2n) is 13.7. The van der Waals surface area contributed by atoms with E-state index in [1.807, 2.05) is 30.0 Å². The highest BCUT2D eigenvalue weighted by atomic mass is 32.2. The number of rotatable bonds is 10. The maximum atomic E-state index is 13.3. The highest BCUT2D eigenvalue weighted by Gasteiger charge is 2.38. The van der Waals surface area contributed by atoms with Crippen LogP contribution in [0.3, 0.4) is 0 Å². The Bertz CT molecular complexity index is 1690. The number of carbonyl (C=O) groups excluding carboxylic acids is 2. The van der Waals surface area contributed by atoms with Gasteiger partial charge in [0, 0.05) is 50.7 Å². The quantitative estimate of drug-likeness (QED) is 0.292. The molecule has 0 bridgehead atoms. The predicted octanol–water partition coefficient (Wildman–Crippen LogP) is 5.24. The zero-order valence-corrected chi connectivity index (χ0v) is 29.1. The van der Waals surface area contributed by atoms with Crippen LogP contribution < -0.4 is 5.32 Å². The van der Waals surface area contributed by atoms with Gasteiger partial charge in [-0.25, -0.2) is 12.4 Å². The number of likely N-dealkylation sites (tertiary alicyclic amines) is 1. The maximum Gasteiger partial charge on any atom is 0.268 e. The van der Waals surface area contributed by atoms with Gasteiger partial charge in [-0.05, 0) is 55.4 Å². The molecule has 11 heteroatoms. The van der Waals surface area contributed by atoms with E-state index in [1.54, 1.807) is 36.5 Å². The average molecular weight is 676 g/mol. The van der Waals surface area contributed by atoms with Crippen molar-refractivity contribution >= 4 is 33.2 Å². The molecule has 1 aliphatic carbocycles. The van der Waals surface area contributed by atoms with Gasteiger partial charge in [-0.3, -0.25) is 14.5 Å². The Balaban J connectivity index is 0.000000214. The number of benzene rings is 2. The third-order valence-electron chi connectivity index (χ3n) is 9.98. The fraction of sp³-hybridized carbons (Fsp3) is 0.541. The third kappa shape index (κ3) is 8.65. The van der Waals surface area contributed by atoms with Crippen LogP contribution in [0.25, 0.3) is 10.9 Å². The molecule has 3 fully saturated rings. The van der Waals surface area contributed by atoms with E-state index >= 15 is 0 Å². The SMILES string of the molecule is CC(CC(=O)N1CCOCC1)CC1CCCCC1.Cc1ccc(S(=O)(=O)n2cc(CN3CCC(C#N)(NC=O)C3)c3ccccc32)cc1. The molecule has 3 aromatic rings. The second-order valence-corrected chi connectivity index (χ2v) is 15.6. The first-order chi connectivity index (χ1) is 23.1. The van der Waals surface area contributed by atoms with Gasteiger partial charge in [0.25, 0.3) is 10.0 Å². The number of fused-ring (bicyclic) bond motifs is 1. The average Bonchev–Trinajstić information content (AvgIpc) is 3.68. The molecule has 0 spiro atoms. The molecular weight excluding hydrogens is 627 g/mol. The second kappa shape index (κ2) is 16.1. The molecule has 6 rings (SSSR count). The Kier molecular flexibility index (Phi) is 11.9. The number of aromatic nitrogens is 1. The lowest BCUT2D eigenvalue weighted by molar-refractivity contribution is -0.136. The van der Waals surface area contributed by atoms with Gasteiger partial charge in [0.15, 0.2) is 0 Å². The lowest BCUT2D eigenvalue weighted by Crippen LogP contribution is -2.45. The standard InChI is InChI=1S/C22H22N4O3S.C15H27NO2/c1-17-6-8-19(9-7-17)30(28,29)26-13-18(20-4-2-3-5-21(20)26)12-25-11-10-22(14-23,15-25)24-16-27;1-13(11-14-5-3-2-4-6-14)12-15(17)16-7-9-18-10-8-16/h2-9,13,16H,10-12,15H2,1H3,(H,24,27);13-14H,2-12H2,1H3. The van der Waals surface area contributed by atoms with Crippen molar-refractivity contribution in [2.24, 2.45) is 11.8 Å². The summed E-state index contributed by atoms with van der Waals surface area (Å²) in [6.45, 7) is 8.67. The van der Waals surface area contributed by atoms with Crippen molar-refractivity contribution < 1.29 is 22.7 Å². The first-order valence-corrected chi connectivity index (χ1v) is 18.7. The topological polar surface area (TPSA) is 125 Å². The van der Waals surface area contributed by atoms with E-state index in [-0.39, 0.29) is 4.90 Å². The van der Waals surface area contributed by atoms with Crippen LogP contribution in [0, 0.1) is 30.1 Å². The molecule has 258 valence electrons. The van der Waals surface area contributed by atoms with E-state index in [1.165, 1.54) is 42.5 Å². The van der Waals surface area contributed by atoms with Crippen molar-refractivity contribution in [1.82, 2.24) is 19.1 Å². The molecule has 2 atom stereocenters. The minimum absolute atomic E-state index is 0.236. The number of para-hydroxylation sites is 1. The van der Waals surface area contributed by atoms with Crippen molar-refractivity contribution in [1.29, 1.82) is 5.26 Å². The predicted molar refractivity (Wildman–Crippen MR) is 186 cm³/mol. The fourth-order valence-corrected chi connectivity index (χ4v) is 8.69. The smallest absolute Gasteiger partial charge is 0.268 e. The van der Waals surface area contributed by atoms with Gasteiger partial charge in [-0.1, -0.05) is 74.9 Å². The van der Waals surface area contributed by atoms with Crippen LogP contribution in [0.4, 0.5) is 0 Å². The summed E-state index contributed by atoms with van der Waals surface area (Å²) < 4.78 is 33.2. The molecule has 1 saturated carbocycles. The summed E-state index contributed by atoms with van der Waals surface area (Å²) in [5.74, 6) is 1.76. The van der Waals surface area contributed by atoms with E-state index in [2.05, 4.69) is 23.2 Å². The van der Waals surface area contributed by atoms with E-state index < -0.39 is 15.6 Å². The van der Waals surface area contributed by atoms with Crippen LogP contribution >= 0.6 is 0 Å². The molecule has 1 N–H and O–H groups in total. The van der Waals surface area contributed by atoms with Gasteiger partial charge in [0.05, 0.1) is 29.7 Å². The molecule has 2 saturated heterocycles. The van der Waals surface area contributed by atoms with Crippen LogP contribution in [0.15, 0.2) is 59.6 Å². The van der Waals surface area contributed by atoms with Crippen molar-refractivity contribution in [3.05, 3.63) is 65.9 Å². The highest BCUT2D eigenvalue weighted by Crippen LogP contribution is 2.31. The van der Waals surface area contributed by atoms with Gasteiger partial charge >= 0.3 is 0 Å². The Hall–Kier alpha value is -3.72. The normalized spacial score (nSPS) is 21.2. The van der Waals surface area contributed by atoms with Crippen molar-refractivity contribution in [3.63, 3.8) is 0 Å². The van der Waals surface area contributed by atoms with E-state index in [4.69, 9.17) is 4.74 Å². The van der Waals surface area contributed by atoms with Crippen LogP contribution in [-0.2, 0) is 30.9 Å². The zero-order chi connectivity index (χ0) is 34.1. The maximum absolute atomic E-state index is 13.3. The Labute approximate surface area is 285 Å². The lowest BCUT2D eigenvalue weighted by Gasteiger charge is -2.29. The minimum atomic E-state index is -3.74. The lowest BCUT2D eigenvalue weighted by atomic mass is 9.82. The van der Waals surface area contributed by atoms with E-state index in [0.717, 1.165) is 41.9 Å². The Morgan fingerprint density at radius 3 is 2.48 bits per heavy atom.